The van der Waals surface area contributed by atoms with Gasteiger partial charge in [0.1, 0.15) is 11.7 Å². The highest BCUT2D eigenvalue weighted by Gasteiger charge is 2.44. The van der Waals surface area contributed by atoms with Gasteiger partial charge in [0.25, 0.3) is 0 Å². The predicted octanol–water partition coefficient (Wildman–Crippen LogP) is 4.13. The second-order valence-corrected chi connectivity index (χ2v) is 8.33. The van der Waals surface area contributed by atoms with Crippen molar-refractivity contribution in [1.29, 1.82) is 5.26 Å². The lowest BCUT2D eigenvalue weighted by molar-refractivity contribution is -0.150. The van der Waals surface area contributed by atoms with Gasteiger partial charge in [0.2, 0.25) is 5.91 Å². The predicted molar refractivity (Wildman–Crippen MR) is 117 cm³/mol. The molecule has 0 radical (unpaired) electrons. The molecule has 1 N–H and O–H groups in total. The lowest BCUT2D eigenvalue weighted by Crippen LogP contribution is -2.44. The van der Waals surface area contributed by atoms with Crippen LogP contribution in [-0.2, 0) is 20.1 Å². The smallest absolute Gasteiger partial charge is 0.319 e. The van der Waals surface area contributed by atoms with Gasteiger partial charge in [-0.25, -0.2) is 0 Å². The van der Waals surface area contributed by atoms with Crippen LogP contribution >= 0.6 is 27.7 Å². The molecular weight excluding hydrogens is 468 g/mol. The summed E-state index contributed by atoms with van der Waals surface area (Å²) in [5.74, 6) is -1.93. The van der Waals surface area contributed by atoms with Crippen LogP contribution in [0.1, 0.15) is 17.0 Å². The number of nitrogens with zero attached hydrogens (tertiary/aromatic N) is 1. The fraction of sp³-hybridized carbons (Fsp3) is 0.227. The van der Waals surface area contributed by atoms with Gasteiger partial charge in [0, 0.05) is 11.7 Å². The number of methoxy groups -OCH3 is 2. The molecule has 2 aromatic rings. The van der Waals surface area contributed by atoms with E-state index in [1.807, 2.05) is 30.3 Å². The summed E-state index contributed by atoms with van der Waals surface area (Å²) < 4.78 is 10.8. The number of thioether (sulfide) groups is 1. The topological polar surface area (TPSA) is 88.4 Å². The number of hydrogen-bond donors (Lipinski definition) is 1. The Morgan fingerprint density at radius 2 is 1.97 bits per heavy atom. The molecule has 0 aromatic heterocycles. The second-order valence-electron chi connectivity index (χ2n) is 6.49. The van der Waals surface area contributed by atoms with E-state index >= 15 is 0 Å². The van der Waals surface area contributed by atoms with Gasteiger partial charge in [-0.3, -0.25) is 9.59 Å². The normalized spacial score (nSPS) is 18.4. The van der Waals surface area contributed by atoms with Crippen molar-refractivity contribution in [3.05, 3.63) is 74.7 Å². The van der Waals surface area contributed by atoms with Crippen LogP contribution in [0.5, 0.6) is 5.75 Å². The monoisotopic (exact) mass is 486 g/mol. The molecule has 1 aliphatic heterocycles. The Kier molecular flexibility index (Phi) is 7.19. The van der Waals surface area contributed by atoms with Crippen molar-refractivity contribution < 1.29 is 19.1 Å². The molecule has 2 atom stereocenters. The summed E-state index contributed by atoms with van der Waals surface area (Å²) in [6, 6.07) is 17.2. The van der Waals surface area contributed by atoms with Crippen molar-refractivity contribution in [2.75, 3.05) is 14.2 Å². The Morgan fingerprint density at radius 3 is 2.57 bits per heavy atom. The first-order valence-electron chi connectivity index (χ1n) is 9.03. The number of carbonyl (C=O) groups excluding carboxylic acids is 2. The average Bonchev–Trinajstić information content (AvgIpc) is 2.77. The SMILES string of the molecule is COC(=O)[C@@H]1C(=O)NC(SCc2ccccc2)=C(C#N)[C@H]1c1ccc(OC)c(Br)c1. The van der Waals surface area contributed by atoms with E-state index in [9.17, 15) is 14.9 Å². The van der Waals surface area contributed by atoms with Crippen LogP contribution in [0.3, 0.4) is 0 Å². The number of carbonyl (C=O) groups is 2. The molecule has 0 bridgehead atoms. The van der Waals surface area contributed by atoms with Crippen LogP contribution < -0.4 is 10.1 Å². The average molecular weight is 487 g/mol. The number of halogens is 1. The molecule has 154 valence electrons. The number of rotatable bonds is 6. The number of ether oxygens (including phenoxy) is 2. The van der Waals surface area contributed by atoms with Gasteiger partial charge in [0.15, 0.2) is 0 Å². The van der Waals surface area contributed by atoms with Crippen molar-refractivity contribution in [3.63, 3.8) is 0 Å². The van der Waals surface area contributed by atoms with E-state index in [2.05, 4.69) is 27.3 Å². The molecule has 30 heavy (non-hydrogen) atoms. The maximum atomic E-state index is 12.9. The molecule has 1 amide bonds. The lowest BCUT2D eigenvalue weighted by Gasteiger charge is -2.31. The number of nitriles is 1. The van der Waals surface area contributed by atoms with E-state index in [0.717, 1.165) is 5.56 Å². The summed E-state index contributed by atoms with van der Waals surface area (Å²) in [7, 11) is 2.77. The van der Waals surface area contributed by atoms with E-state index in [-0.39, 0.29) is 0 Å². The molecule has 2 aromatic carbocycles. The fourth-order valence-corrected chi connectivity index (χ4v) is 4.85. The minimum absolute atomic E-state index is 0.322. The summed E-state index contributed by atoms with van der Waals surface area (Å²) in [5, 5.41) is 13.1. The third kappa shape index (κ3) is 4.53. The number of allylic oxidation sites excluding steroid dienone is 1. The van der Waals surface area contributed by atoms with E-state index in [1.165, 1.54) is 18.9 Å². The summed E-state index contributed by atoms with van der Waals surface area (Å²) in [6.07, 6.45) is 0. The highest BCUT2D eigenvalue weighted by atomic mass is 79.9. The molecule has 1 aliphatic rings. The Bertz CT molecular complexity index is 1030. The number of esters is 1. The Balaban J connectivity index is 2.06. The largest absolute Gasteiger partial charge is 0.496 e. The van der Waals surface area contributed by atoms with E-state index in [1.54, 1.807) is 25.3 Å². The van der Waals surface area contributed by atoms with Gasteiger partial charge in [-0.15, -0.1) is 11.8 Å². The summed E-state index contributed by atoms with van der Waals surface area (Å²) >= 11 is 4.79. The molecule has 0 aliphatic carbocycles. The van der Waals surface area contributed by atoms with Crippen LogP contribution in [0, 0.1) is 17.2 Å². The van der Waals surface area contributed by atoms with Crippen LogP contribution in [0.2, 0.25) is 0 Å². The highest BCUT2D eigenvalue weighted by Crippen LogP contribution is 2.42. The molecule has 0 fully saturated rings. The number of amides is 1. The van der Waals surface area contributed by atoms with Crippen LogP contribution in [-0.4, -0.2) is 26.1 Å². The second kappa shape index (κ2) is 9.83. The molecule has 0 unspecified atom stereocenters. The van der Waals surface area contributed by atoms with Gasteiger partial charge >= 0.3 is 5.97 Å². The molecule has 6 nitrogen and oxygen atoms in total. The van der Waals surface area contributed by atoms with Crippen molar-refractivity contribution >= 4 is 39.6 Å². The van der Waals surface area contributed by atoms with E-state index < -0.39 is 23.7 Å². The molecule has 8 heteroatoms. The van der Waals surface area contributed by atoms with E-state index in [4.69, 9.17) is 9.47 Å². The Labute approximate surface area is 187 Å². The molecule has 3 rings (SSSR count). The quantitative estimate of drug-likeness (QED) is 0.487. The lowest BCUT2D eigenvalue weighted by atomic mass is 9.78. The summed E-state index contributed by atoms with van der Waals surface area (Å²) in [4.78, 5) is 25.3. The molecule has 0 saturated heterocycles. The maximum Gasteiger partial charge on any atom is 0.319 e. The third-order valence-electron chi connectivity index (χ3n) is 4.74. The van der Waals surface area contributed by atoms with Crippen molar-refractivity contribution in [3.8, 4) is 11.8 Å². The number of benzene rings is 2. The third-order valence-corrected chi connectivity index (χ3v) is 6.45. The fourth-order valence-electron chi connectivity index (χ4n) is 3.29. The maximum absolute atomic E-state index is 12.9. The van der Waals surface area contributed by atoms with Gasteiger partial charge in [-0.1, -0.05) is 36.4 Å². The zero-order valence-corrected chi connectivity index (χ0v) is 18.7. The molecule has 0 spiro atoms. The first-order valence-corrected chi connectivity index (χ1v) is 10.8. The summed E-state index contributed by atoms with van der Waals surface area (Å²) in [6.45, 7) is 0. The van der Waals surface area contributed by atoms with Gasteiger partial charge in [-0.2, -0.15) is 5.26 Å². The molecular formula is C22H19BrN2O4S. The van der Waals surface area contributed by atoms with Crippen LogP contribution in [0.25, 0.3) is 0 Å². The highest BCUT2D eigenvalue weighted by molar-refractivity contribution is 9.10. The van der Waals surface area contributed by atoms with Crippen molar-refractivity contribution in [1.82, 2.24) is 5.32 Å². The first kappa shape index (κ1) is 21.9. The standard InChI is InChI=1S/C22H19BrN2O4S/c1-28-17-9-8-14(10-16(17)23)18-15(11-24)21(25-20(26)19(18)22(27)29-2)30-12-13-6-4-3-5-7-13/h3-10,18-19H,12H2,1-2H3,(H,25,26)/t18-,19+/m1/s1. The Morgan fingerprint density at radius 1 is 1.23 bits per heavy atom. The number of hydrogen-bond acceptors (Lipinski definition) is 6. The van der Waals surface area contributed by atoms with Gasteiger partial charge < -0.3 is 14.8 Å². The van der Waals surface area contributed by atoms with Gasteiger partial charge in [0.05, 0.1) is 35.4 Å². The molecule has 1 heterocycles. The molecule has 0 saturated carbocycles. The Hall–Kier alpha value is -2.76. The van der Waals surface area contributed by atoms with Crippen LogP contribution in [0.15, 0.2) is 63.6 Å². The zero-order chi connectivity index (χ0) is 21.7. The minimum atomic E-state index is -1.16. The van der Waals surface area contributed by atoms with E-state index in [0.29, 0.717) is 32.1 Å². The number of nitrogens with one attached hydrogen (secondary N) is 1. The van der Waals surface area contributed by atoms with Crippen molar-refractivity contribution in [2.45, 2.75) is 11.7 Å². The minimum Gasteiger partial charge on any atom is -0.496 e. The first-order chi connectivity index (χ1) is 14.5. The van der Waals surface area contributed by atoms with Gasteiger partial charge in [-0.05, 0) is 39.2 Å². The van der Waals surface area contributed by atoms with Crippen LogP contribution in [0.4, 0.5) is 0 Å². The van der Waals surface area contributed by atoms with Crippen molar-refractivity contribution in [2.24, 2.45) is 5.92 Å². The zero-order valence-electron chi connectivity index (χ0n) is 16.3. The summed E-state index contributed by atoms with van der Waals surface area (Å²) in [5.41, 5.74) is 2.02.